The zero-order valence-corrected chi connectivity index (χ0v) is 19.2. The van der Waals surface area contributed by atoms with Crippen LogP contribution in [0.25, 0.3) is 31.1 Å². The van der Waals surface area contributed by atoms with E-state index in [0.717, 1.165) is 16.0 Å². The number of carbonyl (C=O) groups excluding carboxylic acids is 1. The van der Waals surface area contributed by atoms with Crippen molar-refractivity contribution in [1.29, 1.82) is 0 Å². The third kappa shape index (κ3) is 3.72. The standard InChI is InChI=1S/C25H15F2NO4S2/c1-12-6-7-14(21(27)20(12)26)23-19(25(30)31)15(22(34-23)13-8-9-32-11-13)10-17(29)24-28-16-4-2-3-5-18(16)33-24/h2-9,11H,10H2,1H3,(H,30,31). The number of fused-ring (bicyclic) bond motifs is 1. The number of aryl methyl sites for hydroxylation is 1. The highest BCUT2D eigenvalue weighted by molar-refractivity contribution is 7.20. The highest BCUT2D eigenvalue weighted by Crippen LogP contribution is 2.44. The summed E-state index contributed by atoms with van der Waals surface area (Å²) in [6, 6.07) is 11.7. The van der Waals surface area contributed by atoms with Gasteiger partial charge in [-0.15, -0.1) is 22.7 Å². The van der Waals surface area contributed by atoms with Gasteiger partial charge in [0.1, 0.15) is 0 Å². The molecule has 1 N–H and O–H groups in total. The quantitative estimate of drug-likeness (QED) is 0.257. The van der Waals surface area contributed by atoms with Gasteiger partial charge in [0.15, 0.2) is 22.4 Å². The molecule has 0 spiro atoms. The van der Waals surface area contributed by atoms with Crippen molar-refractivity contribution in [3.8, 4) is 20.9 Å². The van der Waals surface area contributed by atoms with Crippen LogP contribution in [0.2, 0.25) is 0 Å². The Hall–Kier alpha value is -3.69. The minimum atomic E-state index is -1.34. The number of aromatic carboxylic acids is 1. The zero-order valence-electron chi connectivity index (χ0n) is 17.6. The second-order valence-electron chi connectivity index (χ2n) is 7.58. The molecule has 170 valence electrons. The Bertz CT molecular complexity index is 1530. The van der Waals surface area contributed by atoms with E-state index in [1.165, 1.54) is 42.9 Å². The van der Waals surface area contributed by atoms with Gasteiger partial charge in [0.05, 0.1) is 33.2 Å². The third-order valence-electron chi connectivity index (χ3n) is 5.39. The topological polar surface area (TPSA) is 80.4 Å². The summed E-state index contributed by atoms with van der Waals surface area (Å²) in [5.74, 6) is -3.88. The number of nitrogens with zero attached hydrogens (tertiary/aromatic N) is 1. The molecule has 0 fully saturated rings. The number of hydrogen-bond donors (Lipinski definition) is 1. The van der Waals surface area contributed by atoms with Crippen molar-refractivity contribution >= 4 is 44.6 Å². The van der Waals surface area contributed by atoms with Gasteiger partial charge in [-0.25, -0.2) is 18.6 Å². The van der Waals surface area contributed by atoms with Crippen LogP contribution in [0.15, 0.2) is 59.4 Å². The van der Waals surface area contributed by atoms with Crippen LogP contribution in [-0.4, -0.2) is 21.8 Å². The molecule has 0 unspecified atom stereocenters. The minimum absolute atomic E-state index is 0.0344. The van der Waals surface area contributed by atoms with Crippen LogP contribution in [0, 0.1) is 18.6 Å². The van der Waals surface area contributed by atoms with Gasteiger partial charge in [0.2, 0.25) is 0 Å². The fraction of sp³-hybridized carbons (Fsp3) is 0.0800. The third-order valence-corrected chi connectivity index (χ3v) is 7.79. The lowest BCUT2D eigenvalue weighted by molar-refractivity contribution is 0.0697. The maximum absolute atomic E-state index is 14.9. The molecule has 0 bridgehead atoms. The number of ketones is 1. The van der Waals surface area contributed by atoms with Crippen LogP contribution in [0.3, 0.4) is 0 Å². The lowest BCUT2D eigenvalue weighted by atomic mass is 9.97. The largest absolute Gasteiger partial charge is 0.478 e. The molecule has 0 atom stereocenters. The van der Waals surface area contributed by atoms with Gasteiger partial charge in [0, 0.05) is 22.4 Å². The van der Waals surface area contributed by atoms with Gasteiger partial charge < -0.3 is 9.52 Å². The summed E-state index contributed by atoms with van der Waals surface area (Å²) >= 11 is 2.20. The molecule has 0 saturated carbocycles. The molecule has 0 aliphatic rings. The van der Waals surface area contributed by atoms with Crippen LogP contribution in [-0.2, 0) is 6.42 Å². The predicted molar refractivity (Wildman–Crippen MR) is 127 cm³/mol. The molecule has 0 aliphatic carbocycles. The second kappa shape index (κ2) is 8.58. The fourth-order valence-corrected chi connectivity index (χ4v) is 5.94. The molecule has 5 nitrogen and oxygen atoms in total. The minimum Gasteiger partial charge on any atom is -0.478 e. The number of rotatable bonds is 6. The van der Waals surface area contributed by atoms with Crippen LogP contribution in [0.4, 0.5) is 8.78 Å². The van der Waals surface area contributed by atoms with Crippen molar-refractivity contribution in [2.24, 2.45) is 0 Å². The van der Waals surface area contributed by atoms with Crippen molar-refractivity contribution in [2.75, 3.05) is 0 Å². The van der Waals surface area contributed by atoms with E-state index in [4.69, 9.17) is 4.42 Å². The van der Waals surface area contributed by atoms with Gasteiger partial charge in [-0.05, 0) is 36.2 Å². The van der Waals surface area contributed by atoms with Crippen LogP contribution < -0.4 is 0 Å². The molecule has 5 aromatic rings. The number of furan rings is 1. The molecule has 0 amide bonds. The lowest BCUT2D eigenvalue weighted by Gasteiger charge is -2.07. The van der Waals surface area contributed by atoms with Crippen LogP contribution >= 0.6 is 22.7 Å². The first-order chi connectivity index (χ1) is 16.3. The number of carboxylic acids is 1. The molecule has 5 rings (SSSR count). The highest BCUT2D eigenvalue weighted by Gasteiger charge is 2.30. The number of para-hydroxylation sites is 1. The number of carboxylic acid groups (broad SMARTS) is 1. The van der Waals surface area contributed by atoms with Crippen LogP contribution in [0.1, 0.15) is 31.3 Å². The highest BCUT2D eigenvalue weighted by atomic mass is 32.1. The van der Waals surface area contributed by atoms with Crippen molar-refractivity contribution in [3.63, 3.8) is 0 Å². The normalized spacial score (nSPS) is 11.3. The number of benzene rings is 2. The Morgan fingerprint density at radius 1 is 1.03 bits per heavy atom. The summed E-state index contributed by atoms with van der Waals surface area (Å²) in [5.41, 5.74) is 1.12. The molecule has 0 aliphatic heterocycles. The Morgan fingerprint density at radius 2 is 1.82 bits per heavy atom. The zero-order chi connectivity index (χ0) is 24.0. The number of carbonyl (C=O) groups is 2. The SMILES string of the molecule is Cc1ccc(-c2sc(-c3ccoc3)c(CC(=O)c3nc4ccccc4s3)c2C(=O)O)c(F)c1F. The van der Waals surface area contributed by atoms with Gasteiger partial charge in [-0.2, -0.15) is 0 Å². The fourth-order valence-electron chi connectivity index (χ4n) is 3.73. The summed E-state index contributed by atoms with van der Waals surface area (Å²) in [4.78, 5) is 30.4. The van der Waals surface area contributed by atoms with Gasteiger partial charge in [0.25, 0.3) is 0 Å². The van der Waals surface area contributed by atoms with E-state index >= 15 is 0 Å². The maximum atomic E-state index is 14.9. The van der Waals surface area contributed by atoms with E-state index in [2.05, 4.69) is 4.98 Å². The van der Waals surface area contributed by atoms with Crippen LogP contribution in [0.5, 0.6) is 0 Å². The first-order valence-corrected chi connectivity index (χ1v) is 11.7. The summed E-state index contributed by atoms with van der Waals surface area (Å²) < 4.78 is 35.2. The summed E-state index contributed by atoms with van der Waals surface area (Å²) in [5, 5.41) is 10.3. The molecule has 9 heteroatoms. The average molecular weight is 496 g/mol. The number of thiazole rings is 1. The van der Waals surface area contributed by atoms with E-state index in [-0.39, 0.29) is 44.3 Å². The number of hydrogen-bond acceptors (Lipinski definition) is 6. The van der Waals surface area contributed by atoms with E-state index in [0.29, 0.717) is 16.0 Å². The lowest BCUT2D eigenvalue weighted by Crippen LogP contribution is -2.09. The molecule has 34 heavy (non-hydrogen) atoms. The van der Waals surface area contributed by atoms with Gasteiger partial charge >= 0.3 is 5.97 Å². The molecule has 0 saturated heterocycles. The van der Waals surface area contributed by atoms with Crippen molar-refractivity contribution in [2.45, 2.75) is 13.3 Å². The van der Waals surface area contributed by atoms with Gasteiger partial charge in [-0.3, -0.25) is 4.79 Å². The van der Waals surface area contributed by atoms with E-state index < -0.39 is 17.6 Å². The number of halogens is 2. The van der Waals surface area contributed by atoms with E-state index in [1.807, 2.05) is 18.2 Å². The Kier molecular flexibility index (Phi) is 5.59. The number of aromatic nitrogens is 1. The predicted octanol–water partition coefficient (Wildman–Crippen LogP) is 7.00. The molecule has 0 radical (unpaired) electrons. The van der Waals surface area contributed by atoms with Crippen molar-refractivity contribution < 1.29 is 27.9 Å². The summed E-state index contributed by atoms with van der Waals surface area (Å²) in [7, 11) is 0. The number of Topliss-reactive ketones (excluding diaryl/α,β-unsaturated/α-hetero) is 1. The first kappa shape index (κ1) is 22.1. The van der Waals surface area contributed by atoms with Crippen molar-refractivity contribution in [3.05, 3.63) is 88.3 Å². The Morgan fingerprint density at radius 3 is 2.53 bits per heavy atom. The molecular formula is C25H15F2NO4S2. The molecular weight excluding hydrogens is 480 g/mol. The van der Waals surface area contributed by atoms with Gasteiger partial charge in [-0.1, -0.05) is 24.3 Å². The molecule has 3 heterocycles. The second-order valence-corrected chi connectivity index (χ2v) is 9.63. The molecule has 3 aromatic heterocycles. The van der Waals surface area contributed by atoms with E-state index in [9.17, 15) is 23.5 Å². The average Bonchev–Trinajstić information content (AvgIpc) is 3.55. The number of thiophene rings is 1. The monoisotopic (exact) mass is 495 g/mol. The van der Waals surface area contributed by atoms with E-state index in [1.54, 1.807) is 12.1 Å². The molecule has 2 aromatic carbocycles. The summed E-state index contributed by atoms with van der Waals surface area (Å²) in [6.45, 7) is 1.42. The van der Waals surface area contributed by atoms with Crippen molar-refractivity contribution in [1.82, 2.24) is 4.98 Å². The Balaban J connectivity index is 1.68. The first-order valence-electron chi connectivity index (χ1n) is 10.1. The smallest absolute Gasteiger partial charge is 0.337 e. The maximum Gasteiger partial charge on any atom is 0.337 e. The Labute approximate surface area is 199 Å². The summed E-state index contributed by atoms with van der Waals surface area (Å²) in [6.07, 6.45) is 2.56.